The fourth-order valence-corrected chi connectivity index (χ4v) is 4.02. The molecular formula is C15H14Cl2FN5O2S. The second-order valence-corrected chi connectivity index (χ2v) is 8.01. The maximum Gasteiger partial charge on any atom is 0.266 e. The lowest BCUT2D eigenvalue weighted by molar-refractivity contribution is 0.585. The van der Waals surface area contributed by atoms with Crippen LogP contribution < -0.4 is 4.72 Å². The van der Waals surface area contributed by atoms with Gasteiger partial charge >= 0.3 is 0 Å². The van der Waals surface area contributed by atoms with E-state index >= 15 is 0 Å². The number of nitrogens with zero attached hydrogens (tertiary/aromatic N) is 4. The van der Waals surface area contributed by atoms with E-state index in [9.17, 15) is 12.8 Å². The van der Waals surface area contributed by atoms with E-state index in [1.165, 1.54) is 33.9 Å². The zero-order valence-corrected chi connectivity index (χ0v) is 16.1. The number of benzene rings is 1. The number of sulfonamides is 1. The molecule has 0 bridgehead atoms. The fourth-order valence-electron chi connectivity index (χ4n) is 2.32. The van der Waals surface area contributed by atoms with Crippen LogP contribution in [0.1, 0.15) is 11.3 Å². The van der Waals surface area contributed by atoms with Gasteiger partial charge in [0.15, 0.2) is 5.82 Å². The van der Waals surface area contributed by atoms with Crippen LogP contribution in [0.15, 0.2) is 35.5 Å². The monoisotopic (exact) mass is 417 g/mol. The fraction of sp³-hybridized carbons (Fsp3) is 0.200. The predicted molar refractivity (Wildman–Crippen MR) is 96.5 cm³/mol. The maximum atomic E-state index is 13.9. The van der Waals surface area contributed by atoms with Gasteiger partial charge in [0.1, 0.15) is 15.7 Å². The van der Waals surface area contributed by atoms with Gasteiger partial charge < -0.3 is 0 Å². The van der Waals surface area contributed by atoms with Crippen molar-refractivity contribution in [2.45, 2.75) is 18.4 Å². The van der Waals surface area contributed by atoms with Crippen LogP contribution in [0.3, 0.4) is 0 Å². The molecule has 0 saturated carbocycles. The molecule has 7 nitrogen and oxygen atoms in total. The molecule has 26 heavy (non-hydrogen) atoms. The highest BCUT2D eigenvalue weighted by Gasteiger charge is 2.23. The van der Waals surface area contributed by atoms with Crippen molar-refractivity contribution in [3.63, 3.8) is 0 Å². The Bertz CT molecular complexity index is 1060. The number of aromatic nitrogens is 4. The molecule has 138 valence electrons. The Morgan fingerprint density at radius 1 is 1.27 bits per heavy atom. The van der Waals surface area contributed by atoms with Gasteiger partial charge in [-0.05, 0) is 19.1 Å². The molecule has 1 aromatic carbocycles. The Morgan fingerprint density at radius 2 is 2.00 bits per heavy atom. The Hall–Kier alpha value is -2.10. The molecular weight excluding hydrogens is 404 g/mol. The van der Waals surface area contributed by atoms with Crippen molar-refractivity contribution < 1.29 is 12.8 Å². The van der Waals surface area contributed by atoms with E-state index < -0.39 is 15.8 Å². The summed E-state index contributed by atoms with van der Waals surface area (Å²) in [6, 6.07) is 4.33. The summed E-state index contributed by atoms with van der Waals surface area (Å²) in [6.45, 7) is 1.63. The summed E-state index contributed by atoms with van der Waals surface area (Å²) in [5, 5.41) is 8.30. The van der Waals surface area contributed by atoms with Crippen molar-refractivity contribution in [3.05, 3.63) is 57.7 Å². The van der Waals surface area contributed by atoms with Gasteiger partial charge in [0.05, 0.1) is 18.4 Å². The van der Waals surface area contributed by atoms with Crippen molar-refractivity contribution in [2.75, 3.05) is 4.72 Å². The van der Waals surface area contributed by atoms with Crippen LogP contribution in [-0.2, 0) is 23.6 Å². The molecule has 1 N–H and O–H groups in total. The molecule has 0 atom stereocenters. The number of halogens is 3. The largest absolute Gasteiger partial charge is 0.272 e. The second kappa shape index (κ2) is 6.90. The molecule has 2 heterocycles. The minimum Gasteiger partial charge on any atom is -0.272 e. The van der Waals surface area contributed by atoms with Gasteiger partial charge in [0.25, 0.3) is 10.0 Å². The van der Waals surface area contributed by atoms with Crippen molar-refractivity contribution in [3.8, 4) is 0 Å². The third-order valence-corrected chi connectivity index (χ3v) is 5.88. The van der Waals surface area contributed by atoms with Crippen LogP contribution >= 0.6 is 23.2 Å². The molecule has 0 unspecified atom stereocenters. The lowest BCUT2D eigenvalue weighted by Gasteiger charge is -2.07. The van der Waals surface area contributed by atoms with Crippen LogP contribution in [0.5, 0.6) is 0 Å². The van der Waals surface area contributed by atoms with E-state index in [0.29, 0.717) is 5.69 Å². The van der Waals surface area contributed by atoms with Gasteiger partial charge in [-0.2, -0.15) is 10.2 Å². The number of anilines is 1. The summed E-state index contributed by atoms with van der Waals surface area (Å²) in [7, 11) is -2.28. The Kier molecular flexibility index (Phi) is 4.96. The molecule has 0 fully saturated rings. The highest BCUT2D eigenvalue weighted by atomic mass is 35.5. The van der Waals surface area contributed by atoms with Crippen LogP contribution in [0.4, 0.5) is 10.2 Å². The summed E-state index contributed by atoms with van der Waals surface area (Å²) >= 11 is 12.1. The average molecular weight is 418 g/mol. The van der Waals surface area contributed by atoms with Gasteiger partial charge in [-0.25, -0.2) is 12.8 Å². The quantitative estimate of drug-likeness (QED) is 0.690. The van der Waals surface area contributed by atoms with Gasteiger partial charge in [-0.1, -0.05) is 29.3 Å². The zero-order valence-electron chi connectivity index (χ0n) is 13.7. The van der Waals surface area contributed by atoms with E-state index in [-0.39, 0.29) is 32.9 Å². The van der Waals surface area contributed by atoms with Crippen molar-refractivity contribution in [1.82, 2.24) is 19.6 Å². The number of aryl methyl sites for hydroxylation is 1. The molecule has 0 saturated heterocycles. The molecule has 11 heteroatoms. The van der Waals surface area contributed by atoms with Gasteiger partial charge in [-0.3, -0.25) is 14.1 Å². The Balaban J connectivity index is 1.88. The maximum absolute atomic E-state index is 13.9. The summed E-state index contributed by atoms with van der Waals surface area (Å²) in [6.07, 6.45) is 2.62. The second-order valence-electron chi connectivity index (χ2n) is 5.55. The topological polar surface area (TPSA) is 81.8 Å². The molecule has 0 spiro atoms. The highest BCUT2D eigenvalue weighted by Crippen LogP contribution is 2.26. The third-order valence-electron chi connectivity index (χ3n) is 3.81. The normalized spacial score (nSPS) is 11.7. The molecule has 0 aliphatic rings. The van der Waals surface area contributed by atoms with Crippen LogP contribution in [-0.4, -0.2) is 28.0 Å². The molecule has 3 aromatic rings. The summed E-state index contributed by atoms with van der Waals surface area (Å²) in [5.74, 6) is -0.556. The molecule has 0 aliphatic carbocycles. The standard InChI is InChI=1S/C15H14Cl2FN5O2S/c1-9-14(6-19-22(9)2)26(24,25)21-15-12(17)8-23(20-15)7-10-11(16)4-3-5-13(10)18/h3-6,8H,7H2,1-2H3,(H,20,21). The molecule has 2 aromatic heterocycles. The summed E-state index contributed by atoms with van der Waals surface area (Å²) in [5.41, 5.74) is 0.692. The van der Waals surface area contributed by atoms with E-state index in [1.807, 2.05) is 0 Å². The van der Waals surface area contributed by atoms with Crippen LogP contribution in [0.25, 0.3) is 0 Å². The number of rotatable bonds is 5. The molecule has 0 radical (unpaired) electrons. The van der Waals surface area contributed by atoms with Crippen LogP contribution in [0, 0.1) is 12.7 Å². The van der Waals surface area contributed by atoms with Gasteiger partial charge in [-0.15, -0.1) is 0 Å². The average Bonchev–Trinajstić information content (AvgIpc) is 3.06. The number of nitrogens with one attached hydrogen (secondary N) is 1. The van der Waals surface area contributed by atoms with E-state index in [4.69, 9.17) is 23.2 Å². The molecule has 0 aliphatic heterocycles. The minimum absolute atomic E-state index is 0.00112. The Labute approximate surface area is 159 Å². The number of hydrogen-bond acceptors (Lipinski definition) is 4. The predicted octanol–water partition coefficient (Wildman–Crippen LogP) is 3.22. The van der Waals surface area contributed by atoms with Crippen molar-refractivity contribution in [1.29, 1.82) is 0 Å². The van der Waals surface area contributed by atoms with Gasteiger partial charge in [0.2, 0.25) is 0 Å². The lowest BCUT2D eigenvalue weighted by Crippen LogP contribution is -2.15. The van der Waals surface area contributed by atoms with Crippen molar-refractivity contribution >= 4 is 39.0 Å². The van der Waals surface area contributed by atoms with E-state index in [1.54, 1.807) is 20.0 Å². The zero-order chi connectivity index (χ0) is 19.1. The highest BCUT2D eigenvalue weighted by molar-refractivity contribution is 7.92. The Morgan fingerprint density at radius 3 is 2.62 bits per heavy atom. The SMILES string of the molecule is Cc1c(S(=O)(=O)Nc2nn(Cc3c(F)cccc3Cl)cc2Cl)cnn1C. The van der Waals surface area contributed by atoms with E-state index in [2.05, 4.69) is 14.9 Å². The first-order valence-corrected chi connectivity index (χ1v) is 9.60. The summed E-state index contributed by atoms with van der Waals surface area (Å²) < 4.78 is 44.0. The number of hydrogen-bond donors (Lipinski definition) is 1. The van der Waals surface area contributed by atoms with Crippen molar-refractivity contribution in [2.24, 2.45) is 7.05 Å². The smallest absolute Gasteiger partial charge is 0.266 e. The summed E-state index contributed by atoms with van der Waals surface area (Å²) in [4.78, 5) is 0.0164. The lowest BCUT2D eigenvalue weighted by atomic mass is 10.2. The van der Waals surface area contributed by atoms with Crippen LogP contribution in [0.2, 0.25) is 10.0 Å². The first-order valence-electron chi connectivity index (χ1n) is 7.36. The third kappa shape index (κ3) is 3.55. The molecule has 3 rings (SSSR count). The van der Waals surface area contributed by atoms with Gasteiger partial charge in [0, 0.05) is 23.8 Å². The molecule has 0 amide bonds. The minimum atomic E-state index is -3.92. The first kappa shape index (κ1) is 18.7. The van der Waals surface area contributed by atoms with E-state index in [0.717, 1.165) is 0 Å². The first-order chi connectivity index (χ1) is 12.2.